The highest BCUT2D eigenvalue weighted by molar-refractivity contribution is 14.1. The molecule has 0 aromatic heterocycles. The van der Waals surface area contributed by atoms with Crippen LogP contribution in [0.1, 0.15) is 84.0 Å². The standard InChI is InChI=1S/C34H69IO10/c1-2-3-4-5-6-7-9-12-15-36-17-19-38-21-23-40-25-27-42-29-31-44-33-34-45-32-30-43-28-26-41-24-22-39-20-18-37-16-13-10-8-11-14-35/h2-34H2,1H3. The molecule has 0 N–H and O–H groups in total. The van der Waals surface area contributed by atoms with E-state index < -0.39 is 0 Å². The molecule has 0 aromatic rings. The Balaban J connectivity index is 3.03. The largest absolute Gasteiger partial charge is 0.379 e. The van der Waals surface area contributed by atoms with Crippen molar-refractivity contribution in [2.75, 3.05) is 137 Å². The van der Waals surface area contributed by atoms with E-state index in [2.05, 4.69) is 29.5 Å². The Morgan fingerprint density at radius 3 is 0.689 bits per heavy atom. The van der Waals surface area contributed by atoms with Crippen LogP contribution in [-0.4, -0.2) is 137 Å². The molecule has 0 radical (unpaired) electrons. The predicted octanol–water partition coefficient (Wildman–Crippen LogP) is 6.29. The van der Waals surface area contributed by atoms with Crippen molar-refractivity contribution in [3.8, 4) is 0 Å². The van der Waals surface area contributed by atoms with E-state index in [0.29, 0.717) is 119 Å². The van der Waals surface area contributed by atoms with Gasteiger partial charge in [0.25, 0.3) is 0 Å². The lowest BCUT2D eigenvalue weighted by atomic mass is 10.1. The number of alkyl halides is 1. The van der Waals surface area contributed by atoms with Crippen LogP contribution in [0.25, 0.3) is 0 Å². The number of unbranched alkanes of at least 4 members (excludes halogenated alkanes) is 10. The zero-order chi connectivity index (χ0) is 32.4. The van der Waals surface area contributed by atoms with Gasteiger partial charge in [-0.15, -0.1) is 0 Å². The van der Waals surface area contributed by atoms with E-state index in [1.165, 1.54) is 68.6 Å². The molecule has 0 aromatic carbocycles. The molecular weight excluding hydrogens is 695 g/mol. The van der Waals surface area contributed by atoms with E-state index in [9.17, 15) is 0 Å². The fourth-order valence-electron chi connectivity index (χ4n) is 4.07. The molecule has 0 aliphatic heterocycles. The summed E-state index contributed by atoms with van der Waals surface area (Å²) in [6, 6.07) is 0. The third kappa shape index (κ3) is 44.3. The minimum atomic E-state index is 0.535. The van der Waals surface area contributed by atoms with Crippen molar-refractivity contribution in [3.05, 3.63) is 0 Å². The second-order valence-corrected chi connectivity index (χ2v) is 11.8. The van der Waals surface area contributed by atoms with E-state index in [0.717, 1.165) is 26.1 Å². The third-order valence-corrected chi connectivity index (χ3v) is 7.43. The quantitative estimate of drug-likeness (QED) is 0.0402. The molecule has 11 heteroatoms. The third-order valence-electron chi connectivity index (χ3n) is 6.66. The van der Waals surface area contributed by atoms with Gasteiger partial charge in [0, 0.05) is 13.2 Å². The fraction of sp³-hybridized carbons (Fsp3) is 1.00. The predicted molar refractivity (Wildman–Crippen MR) is 188 cm³/mol. The summed E-state index contributed by atoms with van der Waals surface area (Å²) >= 11 is 2.42. The number of rotatable bonds is 42. The molecule has 0 unspecified atom stereocenters. The molecule has 0 heterocycles. The summed E-state index contributed by atoms with van der Waals surface area (Å²) in [5, 5.41) is 0. The van der Waals surface area contributed by atoms with Crippen molar-refractivity contribution < 1.29 is 47.4 Å². The van der Waals surface area contributed by atoms with Crippen LogP contribution in [-0.2, 0) is 47.4 Å². The van der Waals surface area contributed by atoms with Crippen LogP contribution in [0.5, 0.6) is 0 Å². The first kappa shape index (κ1) is 45.3. The summed E-state index contributed by atoms with van der Waals surface area (Å²) in [4.78, 5) is 0. The lowest BCUT2D eigenvalue weighted by molar-refractivity contribution is -0.0264. The number of halogens is 1. The first-order chi connectivity index (χ1) is 22.4. The summed E-state index contributed by atoms with van der Waals surface area (Å²) in [6.07, 6.45) is 15.6. The maximum atomic E-state index is 5.62. The van der Waals surface area contributed by atoms with E-state index in [-0.39, 0.29) is 0 Å². The second kappa shape index (κ2) is 44.3. The molecule has 272 valence electrons. The van der Waals surface area contributed by atoms with Crippen LogP contribution < -0.4 is 0 Å². The van der Waals surface area contributed by atoms with Crippen molar-refractivity contribution in [2.45, 2.75) is 84.0 Å². The van der Waals surface area contributed by atoms with Gasteiger partial charge in [-0.05, 0) is 23.7 Å². The molecule has 0 atom stereocenters. The Kier molecular flexibility index (Phi) is 44.7. The maximum Gasteiger partial charge on any atom is 0.0701 e. The lowest BCUT2D eigenvalue weighted by Gasteiger charge is -2.09. The molecule has 0 bridgehead atoms. The molecule has 0 fully saturated rings. The van der Waals surface area contributed by atoms with Crippen LogP contribution in [0.2, 0.25) is 0 Å². The fourth-order valence-corrected chi connectivity index (χ4v) is 4.61. The number of hydrogen-bond donors (Lipinski definition) is 0. The second-order valence-electron chi connectivity index (χ2n) is 10.7. The first-order valence-electron chi connectivity index (χ1n) is 17.7. The van der Waals surface area contributed by atoms with Gasteiger partial charge in [-0.25, -0.2) is 0 Å². The highest BCUT2D eigenvalue weighted by Gasteiger charge is 1.97. The molecule has 0 saturated carbocycles. The SMILES string of the molecule is CCCCCCCCCCOCCOCCOCCOCCOCCOCCOCCOCCOCCOCCCCCCI. The first-order valence-corrected chi connectivity index (χ1v) is 19.3. The molecule has 0 rings (SSSR count). The zero-order valence-electron chi connectivity index (χ0n) is 28.8. The van der Waals surface area contributed by atoms with Gasteiger partial charge in [0.05, 0.1) is 119 Å². The van der Waals surface area contributed by atoms with Gasteiger partial charge in [0.15, 0.2) is 0 Å². The normalized spacial score (nSPS) is 11.6. The topological polar surface area (TPSA) is 92.3 Å². The molecule has 0 aliphatic rings. The molecule has 0 spiro atoms. The van der Waals surface area contributed by atoms with Crippen molar-refractivity contribution in [2.24, 2.45) is 0 Å². The van der Waals surface area contributed by atoms with E-state index in [1.54, 1.807) is 0 Å². The highest BCUT2D eigenvalue weighted by atomic mass is 127. The Hall–Kier alpha value is 0.330. The smallest absolute Gasteiger partial charge is 0.0701 e. The van der Waals surface area contributed by atoms with Crippen LogP contribution >= 0.6 is 22.6 Å². The van der Waals surface area contributed by atoms with Crippen LogP contribution in [0, 0.1) is 0 Å². The number of hydrogen-bond acceptors (Lipinski definition) is 10. The average Bonchev–Trinajstić information content (AvgIpc) is 3.05. The summed E-state index contributed by atoms with van der Waals surface area (Å²) < 4.78 is 56.5. The van der Waals surface area contributed by atoms with Gasteiger partial charge < -0.3 is 47.4 Å². The Labute approximate surface area is 289 Å². The van der Waals surface area contributed by atoms with E-state index in [1.807, 2.05) is 0 Å². The van der Waals surface area contributed by atoms with Gasteiger partial charge >= 0.3 is 0 Å². The minimum Gasteiger partial charge on any atom is -0.379 e. The zero-order valence-corrected chi connectivity index (χ0v) is 31.0. The Morgan fingerprint density at radius 1 is 0.244 bits per heavy atom. The summed E-state index contributed by atoms with van der Waals surface area (Å²) in [6.45, 7) is 14.2. The molecule has 0 saturated heterocycles. The monoisotopic (exact) mass is 764 g/mol. The van der Waals surface area contributed by atoms with Gasteiger partial charge in [-0.2, -0.15) is 0 Å². The molecule has 0 aliphatic carbocycles. The lowest BCUT2D eigenvalue weighted by Crippen LogP contribution is -2.15. The molecular formula is C34H69IO10. The van der Waals surface area contributed by atoms with Gasteiger partial charge in [-0.1, -0.05) is 87.3 Å². The van der Waals surface area contributed by atoms with Gasteiger partial charge in [0.1, 0.15) is 0 Å². The van der Waals surface area contributed by atoms with Crippen LogP contribution in [0.15, 0.2) is 0 Å². The summed E-state index contributed by atoms with van der Waals surface area (Å²) in [7, 11) is 0. The highest BCUT2D eigenvalue weighted by Crippen LogP contribution is 2.08. The average molecular weight is 765 g/mol. The summed E-state index contributed by atoms with van der Waals surface area (Å²) in [5.74, 6) is 0. The van der Waals surface area contributed by atoms with Crippen molar-refractivity contribution >= 4 is 22.6 Å². The molecule has 45 heavy (non-hydrogen) atoms. The van der Waals surface area contributed by atoms with Crippen molar-refractivity contribution in [1.82, 2.24) is 0 Å². The summed E-state index contributed by atoms with van der Waals surface area (Å²) in [5.41, 5.74) is 0. The Morgan fingerprint density at radius 2 is 0.444 bits per heavy atom. The Bertz CT molecular complexity index is 466. The molecule has 0 amide bonds. The van der Waals surface area contributed by atoms with Gasteiger partial charge in [0.2, 0.25) is 0 Å². The van der Waals surface area contributed by atoms with E-state index in [4.69, 9.17) is 47.4 Å². The van der Waals surface area contributed by atoms with E-state index >= 15 is 0 Å². The minimum absolute atomic E-state index is 0.535. The van der Waals surface area contributed by atoms with Gasteiger partial charge in [-0.3, -0.25) is 0 Å². The van der Waals surface area contributed by atoms with Crippen LogP contribution in [0.4, 0.5) is 0 Å². The van der Waals surface area contributed by atoms with Crippen molar-refractivity contribution in [3.63, 3.8) is 0 Å². The van der Waals surface area contributed by atoms with Crippen LogP contribution in [0.3, 0.4) is 0 Å². The maximum absolute atomic E-state index is 5.62. The number of ether oxygens (including phenoxy) is 10. The molecule has 10 nitrogen and oxygen atoms in total. The van der Waals surface area contributed by atoms with Crippen molar-refractivity contribution in [1.29, 1.82) is 0 Å².